The minimum absolute atomic E-state index is 0.0363. The number of benzene rings is 1. The van der Waals surface area contributed by atoms with Gasteiger partial charge in [-0.25, -0.2) is 13.8 Å². The van der Waals surface area contributed by atoms with Crippen molar-refractivity contribution in [2.24, 2.45) is 0 Å². The second-order valence-electron chi connectivity index (χ2n) is 5.61. The highest BCUT2D eigenvalue weighted by Crippen LogP contribution is 2.27. The van der Waals surface area contributed by atoms with Crippen molar-refractivity contribution < 1.29 is 8.78 Å². The van der Waals surface area contributed by atoms with Crippen LogP contribution >= 0.6 is 0 Å². The molecule has 0 aliphatic carbocycles. The van der Waals surface area contributed by atoms with Crippen LogP contribution in [0.1, 0.15) is 29.2 Å². The van der Waals surface area contributed by atoms with Crippen LogP contribution in [-0.4, -0.2) is 24.9 Å². The first-order valence-corrected chi connectivity index (χ1v) is 7.43. The predicted octanol–water partition coefficient (Wildman–Crippen LogP) is 3.74. The summed E-state index contributed by atoms with van der Waals surface area (Å²) in [5.41, 5.74) is 3.58. The molecule has 0 saturated heterocycles. The number of pyridine rings is 1. The monoisotopic (exact) mass is 325 g/mol. The molecule has 0 radical (unpaired) electrons. The largest absolute Gasteiger partial charge is 0.340 e. The van der Waals surface area contributed by atoms with Crippen molar-refractivity contribution >= 4 is 21.9 Å². The van der Waals surface area contributed by atoms with E-state index in [1.807, 2.05) is 6.92 Å². The molecule has 1 N–H and O–H groups in total. The first kappa shape index (κ1) is 14.6. The summed E-state index contributed by atoms with van der Waals surface area (Å²) in [6, 6.07) is 4.43. The highest BCUT2D eigenvalue weighted by molar-refractivity contribution is 6.02. The number of aromatic amines is 1. The topological polar surface area (TPSA) is 67.3 Å². The maximum Gasteiger partial charge on any atom is 0.263 e. The number of nitrogens with zero attached hydrogens (tertiary/aromatic N) is 4. The van der Waals surface area contributed by atoms with Gasteiger partial charge in [0.05, 0.1) is 34.1 Å². The molecular weight excluding hydrogens is 312 g/mol. The van der Waals surface area contributed by atoms with Crippen LogP contribution in [0.25, 0.3) is 21.9 Å². The second kappa shape index (κ2) is 5.59. The van der Waals surface area contributed by atoms with E-state index in [0.717, 1.165) is 11.4 Å². The van der Waals surface area contributed by atoms with Crippen LogP contribution in [0.4, 0.5) is 8.78 Å². The molecule has 0 amide bonds. The number of hydrogen-bond acceptors (Lipinski definition) is 4. The molecule has 120 valence electrons. The van der Waals surface area contributed by atoms with E-state index < -0.39 is 6.43 Å². The SMILES string of the molecule is Cc1cnc(Cc2nc3c(cnc4ccc(C(F)F)cc43)[nH]2)cn1. The highest BCUT2D eigenvalue weighted by atomic mass is 19.3. The van der Waals surface area contributed by atoms with E-state index in [2.05, 4.69) is 24.9 Å². The van der Waals surface area contributed by atoms with E-state index in [4.69, 9.17) is 0 Å². The van der Waals surface area contributed by atoms with E-state index in [1.165, 1.54) is 12.1 Å². The van der Waals surface area contributed by atoms with Gasteiger partial charge in [-0.2, -0.15) is 0 Å². The van der Waals surface area contributed by atoms with Gasteiger partial charge in [0.25, 0.3) is 6.43 Å². The third-order valence-corrected chi connectivity index (χ3v) is 3.82. The van der Waals surface area contributed by atoms with Gasteiger partial charge in [-0.05, 0) is 19.1 Å². The number of aryl methyl sites for hydroxylation is 1. The van der Waals surface area contributed by atoms with Crippen molar-refractivity contribution in [3.8, 4) is 0 Å². The van der Waals surface area contributed by atoms with Gasteiger partial charge in [-0.15, -0.1) is 0 Å². The number of rotatable bonds is 3. The molecule has 0 unspecified atom stereocenters. The van der Waals surface area contributed by atoms with Crippen LogP contribution in [0.15, 0.2) is 36.8 Å². The molecule has 0 bridgehead atoms. The third kappa shape index (κ3) is 2.58. The molecule has 5 nitrogen and oxygen atoms in total. The maximum absolute atomic E-state index is 13.0. The van der Waals surface area contributed by atoms with Crippen molar-refractivity contribution in [3.05, 3.63) is 59.6 Å². The van der Waals surface area contributed by atoms with Crippen LogP contribution in [0, 0.1) is 6.92 Å². The summed E-state index contributed by atoms with van der Waals surface area (Å²) >= 11 is 0. The lowest BCUT2D eigenvalue weighted by molar-refractivity contribution is 0.151. The van der Waals surface area contributed by atoms with Crippen molar-refractivity contribution in [2.45, 2.75) is 19.8 Å². The summed E-state index contributed by atoms with van der Waals surface area (Å²) in [6.45, 7) is 1.87. The summed E-state index contributed by atoms with van der Waals surface area (Å²) in [5.74, 6) is 0.694. The zero-order chi connectivity index (χ0) is 16.7. The van der Waals surface area contributed by atoms with Gasteiger partial charge < -0.3 is 4.98 Å². The molecule has 0 saturated carbocycles. The molecule has 0 spiro atoms. The molecule has 1 aromatic carbocycles. The van der Waals surface area contributed by atoms with Gasteiger partial charge in [0.2, 0.25) is 0 Å². The van der Waals surface area contributed by atoms with Gasteiger partial charge in [-0.3, -0.25) is 15.0 Å². The number of nitrogens with one attached hydrogen (secondary N) is 1. The number of imidazole rings is 1. The standard InChI is InChI=1S/C17H13F2N5/c1-9-6-21-11(7-20-9)5-15-23-14-8-22-13-3-2-10(17(18)19)4-12(13)16(14)24-15/h2-4,6-8,17H,5H2,1H3,(H,23,24). The minimum atomic E-state index is -2.52. The fourth-order valence-electron chi connectivity index (χ4n) is 2.63. The molecule has 4 rings (SSSR count). The lowest BCUT2D eigenvalue weighted by Gasteiger charge is -2.02. The van der Waals surface area contributed by atoms with Crippen LogP contribution in [-0.2, 0) is 6.42 Å². The summed E-state index contributed by atoms with van der Waals surface area (Å²) < 4.78 is 25.9. The zero-order valence-electron chi connectivity index (χ0n) is 12.8. The van der Waals surface area contributed by atoms with Gasteiger partial charge >= 0.3 is 0 Å². The molecule has 3 heterocycles. The van der Waals surface area contributed by atoms with Crippen molar-refractivity contribution in [1.82, 2.24) is 24.9 Å². The molecular formula is C17H13F2N5. The minimum Gasteiger partial charge on any atom is -0.340 e. The molecule has 24 heavy (non-hydrogen) atoms. The second-order valence-corrected chi connectivity index (χ2v) is 5.61. The molecule has 0 aliphatic heterocycles. The summed E-state index contributed by atoms with van der Waals surface area (Å²) in [4.78, 5) is 20.5. The van der Waals surface area contributed by atoms with E-state index in [9.17, 15) is 8.78 Å². The Morgan fingerprint density at radius 2 is 1.96 bits per heavy atom. The summed E-state index contributed by atoms with van der Waals surface area (Å²) in [5, 5.41) is 0.614. The van der Waals surface area contributed by atoms with Crippen molar-refractivity contribution in [3.63, 3.8) is 0 Å². The Morgan fingerprint density at radius 1 is 1.08 bits per heavy atom. The third-order valence-electron chi connectivity index (χ3n) is 3.82. The maximum atomic E-state index is 13.0. The number of alkyl halides is 2. The predicted molar refractivity (Wildman–Crippen MR) is 85.9 cm³/mol. The normalized spacial score (nSPS) is 11.7. The van der Waals surface area contributed by atoms with Gasteiger partial charge in [-0.1, -0.05) is 6.07 Å². The average Bonchev–Trinajstić information content (AvgIpc) is 2.99. The number of halogens is 2. The molecule has 0 atom stereocenters. The summed E-state index contributed by atoms with van der Waals surface area (Å²) in [7, 11) is 0. The Bertz CT molecular complexity index is 1020. The van der Waals surface area contributed by atoms with E-state index in [0.29, 0.717) is 34.2 Å². The highest BCUT2D eigenvalue weighted by Gasteiger charge is 2.12. The molecule has 4 aromatic rings. The number of aromatic nitrogens is 5. The van der Waals surface area contributed by atoms with Crippen LogP contribution < -0.4 is 0 Å². The first-order valence-electron chi connectivity index (χ1n) is 7.43. The number of hydrogen-bond donors (Lipinski definition) is 1. The van der Waals surface area contributed by atoms with E-state index in [1.54, 1.807) is 24.7 Å². The molecule has 3 aromatic heterocycles. The van der Waals surface area contributed by atoms with E-state index in [-0.39, 0.29) is 5.56 Å². The molecule has 7 heteroatoms. The number of H-pyrrole nitrogens is 1. The smallest absolute Gasteiger partial charge is 0.263 e. The molecule has 0 aliphatic rings. The number of fused-ring (bicyclic) bond motifs is 3. The van der Waals surface area contributed by atoms with E-state index >= 15 is 0 Å². The first-order chi connectivity index (χ1) is 11.6. The van der Waals surface area contributed by atoms with Crippen LogP contribution in [0.3, 0.4) is 0 Å². The van der Waals surface area contributed by atoms with Gasteiger partial charge in [0.1, 0.15) is 5.82 Å². The van der Waals surface area contributed by atoms with Crippen molar-refractivity contribution in [2.75, 3.05) is 0 Å². The Labute approximate surface area is 135 Å². The van der Waals surface area contributed by atoms with Crippen molar-refractivity contribution in [1.29, 1.82) is 0 Å². The van der Waals surface area contributed by atoms with Gasteiger partial charge in [0, 0.05) is 29.8 Å². The average molecular weight is 325 g/mol. The summed E-state index contributed by atoms with van der Waals surface area (Å²) in [6.07, 6.45) is 3.03. The Balaban J connectivity index is 1.80. The Hall–Kier alpha value is -2.96. The van der Waals surface area contributed by atoms with Crippen LogP contribution in [0.5, 0.6) is 0 Å². The Morgan fingerprint density at radius 3 is 2.71 bits per heavy atom. The Kier molecular flexibility index (Phi) is 3.41. The quantitative estimate of drug-likeness (QED) is 0.623. The zero-order valence-corrected chi connectivity index (χ0v) is 12.8. The lowest BCUT2D eigenvalue weighted by Crippen LogP contribution is -1.96. The lowest BCUT2D eigenvalue weighted by atomic mass is 10.1. The fraction of sp³-hybridized carbons (Fsp3) is 0.176. The van der Waals surface area contributed by atoms with Crippen LogP contribution in [0.2, 0.25) is 0 Å². The molecule has 0 fully saturated rings. The van der Waals surface area contributed by atoms with Gasteiger partial charge in [0.15, 0.2) is 0 Å². The fourth-order valence-corrected chi connectivity index (χ4v) is 2.63.